The zero-order chi connectivity index (χ0) is 15.8. The number of nitrogens with one attached hydrogen (secondary N) is 1. The van der Waals surface area contributed by atoms with Crippen molar-refractivity contribution in [2.24, 2.45) is 0 Å². The normalized spacial score (nSPS) is 11.8. The van der Waals surface area contributed by atoms with Crippen molar-refractivity contribution in [2.75, 3.05) is 11.9 Å². The summed E-state index contributed by atoms with van der Waals surface area (Å²) in [5, 5.41) is 3.29. The summed E-state index contributed by atoms with van der Waals surface area (Å²) in [6, 6.07) is 15.2. The van der Waals surface area contributed by atoms with Crippen LogP contribution in [0.15, 0.2) is 60.7 Å². The molecule has 0 saturated carbocycles. The number of unbranched alkanes of at least 4 members (excludes halogenated alkanes) is 1. The molecule has 0 spiro atoms. The molecule has 0 atom stereocenters. The fraction of sp³-hybridized carbons (Fsp3) is 0.222. The van der Waals surface area contributed by atoms with Crippen LogP contribution < -0.4 is 5.32 Å². The van der Waals surface area contributed by atoms with Gasteiger partial charge in [-0.3, -0.25) is 0 Å². The van der Waals surface area contributed by atoms with Crippen LogP contribution in [-0.4, -0.2) is 6.54 Å². The minimum absolute atomic E-state index is 0.575. The summed E-state index contributed by atoms with van der Waals surface area (Å²) in [6.45, 7) is 0.830. The summed E-state index contributed by atoms with van der Waals surface area (Å²) in [4.78, 5) is 0. The smallest absolute Gasteiger partial charge is 0.385 e. The molecular formula is C18H18F3N. The van der Waals surface area contributed by atoms with Crippen LogP contribution in [0.4, 0.5) is 18.9 Å². The first-order valence-electron chi connectivity index (χ1n) is 7.18. The van der Waals surface area contributed by atoms with Crippen molar-refractivity contribution in [2.45, 2.75) is 19.0 Å². The molecule has 1 nitrogen and oxygen atoms in total. The van der Waals surface area contributed by atoms with Gasteiger partial charge in [0.2, 0.25) is 0 Å². The summed E-state index contributed by atoms with van der Waals surface area (Å²) >= 11 is 0. The van der Waals surface area contributed by atoms with Crippen molar-refractivity contribution in [3.63, 3.8) is 0 Å². The molecule has 0 aliphatic heterocycles. The van der Waals surface area contributed by atoms with Crippen molar-refractivity contribution in [3.05, 3.63) is 71.8 Å². The van der Waals surface area contributed by atoms with Gasteiger partial charge in [0.1, 0.15) is 0 Å². The molecule has 0 aromatic heterocycles. The third-order valence-electron chi connectivity index (χ3n) is 3.17. The van der Waals surface area contributed by atoms with E-state index in [-0.39, 0.29) is 0 Å². The molecule has 0 amide bonds. The zero-order valence-corrected chi connectivity index (χ0v) is 12.1. The average Bonchev–Trinajstić information content (AvgIpc) is 2.51. The topological polar surface area (TPSA) is 12.0 Å². The summed E-state index contributed by atoms with van der Waals surface area (Å²) < 4.78 is 37.8. The minimum atomic E-state index is -4.29. The Labute approximate surface area is 128 Å². The molecule has 4 heteroatoms. The second kappa shape index (κ2) is 7.69. The lowest BCUT2D eigenvalue weighted by Gasteiger charge is -2.06. The van der Waals surface area contributed by atoms with Crippen molar-refractivity contribution in [3.8, 4) is 0 Å². The second-order valence-corrected chi connectivity index (χ2v) is 4.96. The molecule has 0 saturated heterocycles. The second-order valence-electron chi connectivity index (χ2n) is 4.96. The number of hydrogen-bond donors (Lipinski definition) is 1. The molecule has 0 unspecified atom stereocenters. The molecule has 22 heavy (non-hydrogen) atoms. The Hall–Kier alpha value is -2.23. The maximum absolute atomic E-state index is 12.6. The van der Waals surface area contributed by atoms with Crippen LogP contribution in [-0.2, 0) is 6.18 Å². The highest BCUT2D eigenvalue weighted by atomic mass is 19.4. The van der Waals surface area contributed by atoms with Crippen LogP contribution in [0.3, 0.4) is 0 Å². The Morgan fingerprint density at radius 3 is 2.45 bits per heavy atom. The Balaban J connectivity index is 1.76. The van der Waals surface area contributed by atoms with Gasteiger partial charge in [0.15, 0.2) is 0 Å². The highest BCUT2D eigenvalue weighted by Gasteiger charge is 2.30. The fourth-order valence-electron chi connectivity index (χ4n) is 2.05. The van der Waals surface area contributed by atoms with Gasteiger partial charge in [-0.2, -0.15) is 13.2 Å². The molecule has 0 fully saturated rings. The monoisotopic (exact) mass is 305 g/mol. The third-order valence-corrected chi connectivity index (χ3v) is 3.17. The van der Waals surface area contributed by atoms with Gasteiger partial charge >= 0.3 is 6.18 Å². The van der Waals surface area contributed by atoms with Gasteiger partial charge in [-0.25, -0.2) is 0 Å². The maximum atomic E-state index is 12.6. The molecular weight excluding hydrogens is 287 g/mol. The van der Waals surface area contributed by atoms with Gasteiger partial charge in [-0.15, -0.1) is 0 Å². The van der Waals surface area contributed by atoms with E-state index in [0.717, 1.165) is 31.1 Å². The first-order valence-corrected chi connectivity index (χ1v) is 7.18. The molecule has 1 N–H and O–H groups in total. The van der Waals surface area contributed by atoms with Crippen LogP contribution in [0.1, 0.15) is 24.0 Å². The molecule has 0 bridgehead atoms. The third kappa shape index (κ3) is 5.28. The molecule has 0 aliphatic carbocycles. The molecule has 0 heterocycles. The van der Waals surface area contributed by atoms with Gasteiger partial charge in [-0.05, 0) is 42.7 Å². The summed E-state index contributed by atoms with van der Waals surface area (Å²) in [7, 11) is 0. The predicted molar refractivity (Wildman–Crippen MR) is 84.6 cm³/mol. The summed E-state index contributed by atoms with van der Waals surface area (Å²) in [6.07, 6.45) is 1.09. The number of allylic oxidation sites excluding steroid dienone is 1. The van der Waals surface area contributed by atoms with E-state index in [9.17, 15) is 13.2 Å². The van der Waals surface area contributed by atoms with Crippen molar-refractivity contribution < 1.29 is 13.2 Å². The summed E-state index contributed by atoms with van der Waals surface area (Å²) in [5.74, 6) is 0. The van der Waals surface area contributed by atoms with Crippen LogP contribution in [0.5, 0.6) is 0 Å². The number of halogens is 3. The van der Waals surface area contributed by atoms with E-state index in [1.807, 2.05) is 36.4 Å². The maximum Gasteiger partial charge on any atom is 0.416 e. The first-order chi connectivity index (χ1) is 10.6. The highest BCUT2D eigenvalue weighted by molar-refractivity contribution is 5.50. The first kappa shape index (κ1) is 16.1. The van der Waals surface area contributed by atoms with E-state index in [1.54, 1.807) is 12.1 Å². The largest absolute Gasteiger partial charge is 0.416 e. The Morgan fingerprint density at radius 2 is 1.73 bits per heavy atom. The lowest BCUT2D eigenvalue weighted by Crippen LogP contribution is -2.04. The van der Waals surface area contributed by atoms with E-state index < -0.39 is 11.7 Å². The molecule has 2 aromatic carbocycles. The Bertz CT molecular complexity index is 603. The summed E-state index contributed by atoms with van der Waals surface area (Å²) in [5.41, 5.74) is 1.04. The SMILES string of the molecule is FC(F)(F)c1cccc(/C=C/CCCNc2ccccc2)c1. The zero-order valence-electron chi connectivity index (χ0n) is 12.1. The van der Waals surface area contributed by atoms with Gasteiger partial charge in [0.25, 0.3) is 0 Å². The number of benzene rings is 2. The molecule has 116 valence electrons. The fourth-order valence-corrected chi connectivity index (χ4v) is 2.05. The lowest BCUT2D eigenvalue weighted by atomic mass is 10.1. The van der Waals surface area contributed by atoms with Crippen molar-refractivity contribution >= 4 is 11.8 Å². The Kier molecular flexibility index (Phi) is 5.64. The van der Waals surface area contributed by atoms with Gasteiger partial charge < -0.3 is 5.32 Å². The van der Waals surface area contributed by atoms with Crippen molar-refractivity contribution in [1.29, 1.82) is 0 Å². The predicted octanol–water partition coefficient (Wildman–Crippen LogP) is 5.61. The highest BCUT2D eigenvalue weighted by Crippen LogP contribution is 2.29. The standard InChI is InChI=1S/C18H18F3N/c19-18(20,21)16-10-7-9-15(14-16)8-3-2-6-13-22-17-11-4-1-5-12-17/h1,3-5,7-12,14,22H,2,6,13H2/b8-3+. The molecule has 0 aliphatic rings. The van der Waals surface area contributed by atoms with Crippen LogP contribution in [0.2, 0.25) is 0 Å². The van der Waals surface area contributed by atoms with E-state index in [2.05, 4.69) is 5.32 Å². The van der Waals surface area contributed by atoms with E-state index in [1.165, 1.54) is 12.1 Å². The number of hydrogen-bond acceptors (Lipinski definition) is 1. The average molecular weight is 305 g/mol. The number of alkyl halides is 3. The van der Waals surface area contributed by atoms with Gasteiger partial charge in [0, 0.05) is 12.2 Å². The van der Waals surface area contributed by atoms with Gasteiger partial charge in [-0.1, -0.05) is 42.5 Å². The minimum Gasteiger partial charge on any atom is -0.385 e. The van der Waals surface area contributed by atoms with Crippen LogP contribution in [0, 0.1) is 0 Å². The quantitative estimate of drug-likeness (QED) is 0.684. The van der Waals surface area contributed by atoms with E-state index in [0.29, 0.717) is 5.56 Å². The van der Waals surface area contributed by atoms with Crippen LogP contribution >= 0.6 is 0 Å². The van der Waals surface area contributed by atoms with Crippen molar-refractivity contribution in [1.82, 2.24) is 0 Å². The number of anilines is 1. The number of para-hydroxylation sites is 1. The number of rotatable bonds is 6. The molecule has 2 rings (SSSR count). The Morgan fingerprint density at radius 1 is 0.955 bits per heavy atom. The van der Waals surface area contributed by atoms with E-state index in [4.69, 9.17) is 0 Å². The van der Waals surface area contributed by atoms with Gasteiger partial charge in [0.05, 0.1) is 5.56 Å². The van der Waals surface area contributed by atoms with E-state index >= 15 is 0 Å². The molecule has 0 radical (unpaired) electrons. The molecule has 2 aromatic rings. The van der Waals surface area contributed by atoms with Crippen LogP contribution in [0.25, 0.3) is 6.08 Å². The lowest BCUT2D eigenvalue weighted by molar-refractivity contribution is -0.137.